The van der Waals surface area contributed by atoms with E-state index < -0.39 is 0 Å². The predicted molar refractivity (Wildman–Crippen MR) is 36.4 cm³/mol. The van der Waals surface area contributed by atoms with Crippen molar-refractivity contribution in [3.05, 3.63) is 0 Å². The first kappa shape index (κ1) is 8.23. The van der Waals surface area contributed by atoms with Crippen LogP contribution in [0.4, 0.5) is 0 Å². The van der Waals surface area contributed by atoms with E-state index in [0.717, 1.165) is 6.42 Å². The number of rotatable bonds is 4. The Morgan fingerprint density at radius 1 is 1.78 bits per heavy atom. The highest BCUT2D eigenvalue weighted by Gasteiger charge is 1.85. The molecule has 0 aliphatic carbocycles. The first-order valence-corrected chi connectivity index (χ1v) is 2.84. The number of hydrogen-bond acceptors (Lipinski definition) is 2. The lowest BCUT2D eigenvalue weighted by atomic mass is 10.4. The quantitative estimate of drug-likeness (QED) is 0.274. The van der Waals surface area contributed by atoms with Gasteiger partial charge in [0.15, 0.2) is 5.96 Å². The van der Waals surface area contributed by atoms with E-state index in [2.05, 4.69) is 5.32 Å². The zero-order valence-electron chi connectivity index (χ0n) is 5.61. The van der Waals surface area contributed by atoms with Gasteiger partial charge < -0.3 is 15.8 Å². The largest absolute Gasteiger partial charge is 0.385 e. The zero-order chi connectivity index (χ0) is 7.11. The Balaban J connectivity index is 2.83. The Morgan fingerprint density at radius 2 is 2.44 bits per heavy atom. The monoisotopic (exact) mass is 131 g/mol. The van der Waals surface area contributed by atoms with Crippen LogP contribution in [0.3, 0.4) is 0 Å². The van der Waals surface area contributed by atoms with Crippen LogP contribution in [0.5, 0.6) is 0 Å². The molecule has 0 atom stereocenters. The molecule has 54 valence electrons. The molecule has 4 heteroatoms. The van der Waals surface area contributed by atoms with E-state index in [0.29, 0.717) is 13.2 Å². The molecule has 0 spiro atoms. The lowest BCUT2D eigenvalue weighted by Crippen LogP contribution is -2.31. The maximum Gasteiger partial charge on any atom is 0.185 e. The Hall–Kier alpha value is -0.770. The number of nitrogens with two attached hydrogens (primary N) is 1. The van der Waals surface area contributed by atoms with Crippen molar-refractivity contribution in [1.29, 1.82) is 5.41 Å². The second-order valence-electron chi connectivity index (χ2n) is 1.69. The van der Waals surface area contributed by atoms with Crippen LogP contribution >= 0.6 is 0 Å². The van der Waals surface area contributed by atoms with Crippen molar-refractivity contribution in [2.45, 2.75) is 6.42 Å². The maximum atomic E-state index is 6.76. The molecule has 0 saturated heterocycles. The van der Waals surface area contributed by atoms with Gasteiger partial charge in [0, 0.05) is 20.3 Å². The van der Waals surface area contributed by atoms with Crippen LogP contribution in [0.25, 0.3) is 0 Å². The van der Waals surface area contributed by atoms with Crippen molar-refractivity contribution in [1.82, 2.24) is 5.32 Å². The molecule has 0 fully saturated rings. The van der Waals surface area contributed by atoms with Crippen LogP contribution < -0.4 is 11.1 Å². The van der Waals surface area contributed by atoms with Crippen LogP contribution in [0.15, 0.2) is 0 Å². The molecule has 0 aliphatic heterocycles. The van der Waals surface area contributed by atoms with Gasteiger partial charge in [-0.3, -0.25) is 5.41 Å². The number of guanidine groups is 1. The summed E-state index contributed by atoms with van der Waals surface area (Å²) >= 11 is 0. The highest BCUT2D eigenvalue weighted by Crippen LogP contribution is 1.74. The van der Waals surface area contributed by atoms with Crippen molar-refractivity contribution in [2.75, 3.05) is 20.3 Å². The minimum atomic E-state index is 0.0195. The molecule has 0 rings (SSSR count). The predicted octanol–water partition coefficient (Wildman–Crippen LogP) is -0.494. The van der Waals surface area contributed by atoms with Gasteiger partial charge in [-0.15, -0.1) is 0 Å². The summed E-state index contributed by atoms with van der Waals surface area (Å²) in [7, 11) is 1.65. The summed E-state index contributed by atoms with van der Waals surface area (Å²) in [5.41, 5.74) is 5.01. The second kappa shape index (κ2) is 5.37. The van der Waals surface area contributed by atoms with E-state index in [1.54, 1.807) is 7.11 Å². The van der Waals surface area contributed by atoms with E-state index in [-0.39, 0.29) is 5.96 Å². The lowest BCUT2D eigenvalue weighted by Gasteiger charge is -2.00. The highest BCUT2D eigenvalue weighted by molar-refractivity contribution is 5.74. The molecule has 4 nitrogen and oxygen atoms in total. The Morgan fingerprint density at radius 3 is 2.89 bits per heavy atom. The fraction of sp³-hybridized carbons (Fsp3) is 0.800. The van der Waals surface area contributed by atoms with E-state index in [1.165, 1.54) is 0 Å². The molecule has 0 heterocycles. The SMILES string of the molecule is COCCCNC(=N)N. The molecule has 0 amide bonds. The van der Waals surface area contributed by atoms with Crippen LogP contribution in [-0.4, -0.2) is 26.2 Å². The van der Waals surface area contributed by atoms with Crippen LogP contribution in [-0.2, 0) is 4.74 Å². The molecule has 0 aromatic heterocycles. The standard InChI is InChI=1S/C5H13N3O/c1-9-4-2-3-8-5(6)7/h2-4H2,1H3,(H4,6,7,8). The van der Waals surface area contributed by atoms with Crippen molar-refractivity contribution >= 4 is 5.96 Å². The van der Waals surface area contributed by atoms with E-state index >= 15 is 0 Å². The minimum absolute atomic E-state index is 0.0195. The second-order valence-corrected chi connectivity index (χ2v) is 1.69. The number of hydrogen-bond donors (Lipinski definition) is 3. The van der Waals surface area contributed by atoms with E-state index in [4.69, 9.17) is 15.9 Å². The highest BCUT2D eigenvalue weighted by atomic mass is 16.5. The van der Waals surface area contributed by atoms with Gasteiger partial charge in [-0.25, -0.2) is 0 Å². The van der Waals surface area contributed by atoms with Gasteiger partial charge >= 0.3 is 0 Å². The molecule has 0 bridgehead atoms. The average Bonchev–Trinajstić information content (AvgIpc) is 1.80. The maximum absolute atomic E-state index is 6.76. The summed E-state index contributed by atoms with van der Waals surface area (Å²) in [5.74, 6) is 0.0195. The fourth-order valence-corrected chi connectivity index (χ4v) is 0.440. The third-order valence-electron chi connectivity index (χ3n) is 0.841. The Kier molecular flexibility index (Phi) is 4.91. The van der Waals surface area contributed by atoms with Crippen LogP contribution in [0, 0.1) is 5.41 Å². The van der Waals surface area contributed by atoms with Crippen molar-refractivity contribution in [3.63, 3.8) is 0 Å². The summed E-state index contributed by atoms with van der Waals surface area (Å²) in [6.07, 6.45) is 0.885. The van der Waals surface area contributed by atoms with Crippen molar-refractivity contribution in [2.24, 2.45) is 5.73 Å². The van der Waals surface area contributed by atoms with Gasteiger partial charge in [0.2, 0.25) is 0 Å². The van der Waals surface area contributed by atoms with Gasteiger partial charge in [-0.1, -0.05) is 0 Å². The summed E-state index contributed by atoms with van der Waals surface area (Å²) < 4.78 is 4.77. The number of ether oxygens (including phenoxy) is 1. The molecular weight excluding hydrogens is 118 g/mol. The van der Waals surface area contributed by atoms with Crippen LogP contribution in [0.2, 0.25) is 0 Å². The lowest BCUT2D eigenvalue weighted by molar-refractivity contribution is 0.195. The molecule has 0 aromatic rings. The van der Waals surface area contributed by atoms with Gasteiger partial charge in [-0.2, -0.15) is 0 Å². The number of methoxy groups -OCH3 is 1. The minimum Gasteiger partial charge on any atom is -0.385 e. The first-order chi connectivity index (χ1) is 4.27. The van der Waals surface area contributed by atoms with E-state index in [1.807, 2.05) is 0 Å². The summed E-state index contributed by atoms with van der Waals surface area (Å²) in [6, 6.07) is 0. The molecule has 0 aromatic carbocycles. The normalized spacial score (nSPS) is 9.00. The summed E-state index contributed by atoms with van der Waals surface area (Å²) in [4.78, 5) is 0. The summed E-state index contributed by atoms with van der Waals surface area (Å²) in [6.45, 7) is 1.42. The summed E-state index contributed by atoms with van der Waals surface area (Å²) in [5, 5.41) is 9.42. The Labute approximate surface area is 54.9 Å². The van der Waals surface area contributed by atoms with E-state index in [9.17, 15) is 0 Å². The third-order valence-corrected chi connectivity index (χ3v) is 0.841. The topological polar surface area (TPSA) is 71.1 Å². The average molecular weight is 131 g/mol. The molecule has 4 N–H and O–H groups in total. The molecule has 9 heavy (non-hydrogen) atoms. The van der Waals surface area contributed by atoms with Crippen molar-refractivity contribution in [3.8, 4) is 0 Å². The molecule has 0 unspecified atom stereocenters. The van der Waals surface area contributed by atoms with Crippen LogP contribution in [0.1, 0.15) is 6.42 Å². The number of nitrogens with one attached hydrogen (secondary N) is 2. The van der Waals surface area contributed by atoms with Gasteiger partial charge in [0.05, 0.1) is 0 Å². The van der Waals surface area contributed by atoms with Gasteiger partial charge in [-0.05, 0) is 6.42 Å². The smallest absolute Gasteiger partial charge is 0.185 e. The molecule has 0 aliphatic rings. The first-order valence-electron chi connectivity index (χ1n) is 2.84. The van der Waals surface area contributed by atoms with Gasteiger partial charge in [0.25, 0.3) is 0 Å². The molecule has 0 radical (unpaired) electrons. The Bertz CT molecular complexity index is 84.3. The zero-order valence-corrected chi connectivity index (χ0v) is 5.61. The third kappa shape index (κ3) is 7.23. The van der Waals surface area contributed by atoms with Crippen molar-refractivity contribution < 1.29 is 4.74 Å². The van der Waals surface area contributed by atoms with Gasteiger partial charge in [0.1, 0.15) is 0 Å². The molecule has 0 saturated carbocycles. The molecular formula is C5H13N3O. The fourth-order valence-electron chi connectivity index (χ4n) is 0.440.